The average molecular weight is 284 g/mol. The van der Waals surface area contributed by atoms with Crippen LogP contribution in [0, 0.1) is 5.92 Å². The summed E-state index contributed by atoms with van der Waals surface area (Å²) in [6, 6.07) is 0.352. The van der Waals surface area contributed by atoms with Crippen molar-refractivity contribution in [1.82, 2.24) is 10.2 Å². The molecule has 2 fully saturated rings. The van der Waals surface area contributed by atoms with Crippen LogP contribution in [0.4, 0.5) is 0 Å². The maximum absolute atomic E-state index is 11.7. The van der Waals surface area contributed by atoms with E-state index in [1.54, 1.807) is 0 Å². The van der Waals surface area contributed by atoms with Crippen molar-refractivity contribution in [3.63, 3.8) is 0 Å². The van der Waals surface area contributed by atoms with Crippen LogP contribution in [0.5, 0.6) is 0 Å². The SMILES string of the molecule is CN(CC(=O)NC1CC1)CC1(O)CCC(C(=O)O)CC1. The van der Waals surface area contributed by atoms with Crippen molar-refractivity contribution in [2.45, 2.75) is 50.2 Å². The van der Waals surface area contributed by atoms with E-state index in [1.165, 1.54) is 0 Å². The van der Waals surface area contributed by atoms with Gasteiger partial charge in [-0.2, -0.15) is 0 Å². The van der Waals surface area contributed by atoms with Crippen molar-refractivity contribution < 1.29 is 19.8 Å². The lowest BCUT2D eigenvalue weighted by atomic mass is 9.78. The molecule has 6 nitrogen and oxygen atoms in total. The third-order valence-corrected chi connectivity index (χ3v) is 4.19. The highest BCUT2D eigenvalue weighted by atomic mass is 16.4. The summed E-state index contributed by atoms with van der Waals surface area (Å²) in [6.07, 6.45) is 4.12. The van der Waals surface area contributed by atoms with Gasteiger partial charge >= 0.3 is 5.97 Å². The van der Waals surface area contributed by atoms with Gasteiger partial charge in [0.25, 0.3) is 0 Å². The Hall–Kier alpha value is -1.14. The summed E-state index contributed by atoms with van der Waals surface area (Å²) >= 11 is 0. The molecule has 1 amide bonds. The lowest BCUT2D eigenvalue weighted by Crippen LogP contribution is -2.47. The number of carbonyl (C=O) groups is 2. The zero-order chi connectivity index (χ0) is 14.8. The molecule has 2 rings (SSSR count). The van der Waals surface area contributed by atoms with E-state index in [2.05, 4.69) is 5.32 Å². The normalized spacial score (nSPS) is 30.2. The maximum atomic E-state index is 11.7. The summed E-state index contributed by atoms with van der Waals surface area (Å²) in [5.41, 5.74) is -0.861. The number of amides is 1. The van der Waals surface area contributed by atoms with Gasteiger partial charge in [-0.05, 0) is 45.6 Å². The number of carboxylic acids is 1. The summed E-state index contributed by atoms with van der Waals surface area (Å²) < 4.78 is 0. The second-order valence-electron chi connectivity index (χ2n) is 6.35. The largest absolute Gasteiger partial charge is 0.481 e. The topological polar surface area (TPSA) is 89.9 Å². The molecule has 2 aliphatic rings. The van der Waals surface area contributed by atoms with Crippen molar-refractivity contribution in [1.29, 1.82) is 0 Å². The van der Waals surface area contributed by atoms with Crippen LogP contribution in [0.2, 0.25) is 0 Å². The number of likely N-dealkylation sites (N-methyl/N-ethyl adjacent to an activating group) is 1. The minimum absolute atomic E-state index is 0.00202. The third kappa shape index (κ3) is 4.45. The van der Waals surface area contributed by atoms with E-state index in [-0.39, 0.29) is 18.4 Å². The first kappa shape index (κ1) is 15.3. The van der Waals surface area contributed by atoms with Crippen LogP contribution in [0.15, 0.2) is 0 Å². The molecule has 0 spiro atoms. The molecule has 3 N–H and O–H groups in total. The molecule has 6 heteroatoms. The molecule has 0 atom stereocenters. The van der Waals surface area contributed by atoms with Crippen molar-refractivity contribution >= 4 is 11.9 Å². The Morgan fingerprint density at radius 1 is 1.25 bits per heavy atom. The fraction of sp³-hybridized carbons (Fsp3) is 0.857. The summed E-state index contributed by atoms with van der Waals surface area (Å²) in [6.45, 7) is 0.693. The van der Waals surface area contributed by atoms with E-state index in [0.29, 0.717) is 38.3 Å². The molecular formula is C14H24N2O4. The van der Waals surface area contributed by atoms with Crippen molar-refractivity contribution in [3.8, 4) is 0 Å². The van der Waals surface area contributed by atoms with Crippen molar-refractivity contribution in [2.75, 3.05) is 20.1 Å². The average Bonchev–Trinajstić information content (AvgIpc) is 3.12. The van der Waals surface area contributed by atoms with Crippen LogP contribution in [0.1, 0.15) is 38.5 Å². The van der Waals surface area contributed by atoms with Crippen molar-refractivity contribution in [3.05, 3.63) is 0 Å². The molecule has 0 saturated heterocycles. The Morgan fingerprint density at radius 2 is 1.85 bits per heavy atom. The van der Waals surface area contributed by atoms with Crippen LogP contribution in [0.3, 0.4) is 0 Å². The molecule has 2 saturated carbocycles. The van der Waals surface area contributed by atoms with Gasteiger partial charge in [0, 0.05) is 12.6 Å². The number of aliphatic hydroxyl groups is 1. The Balaban J connectivity index is 1.73. The van der Waals surface area contributed by atoms with Gasteiger partial charge in [0.1, 0.15) is 0 Å². The molecule has 20 heavy (non-hydrogen) atoms. The number of nitrogens with one attached hydrogen (secondary N) is 1. The molecule has 0 aromatic rings. The van der Waals surface area contributed by atoms with E-state index >= 15 is 0 Å². The van der Waals surface area contributed by atoms with Gasteiger partial charge in [0.2, 0.25) is 5.91 Å². The molecule has 0 aromatic heterocycles. The molecule has 0 aromatic carbocycles. The molecule has 0 heterocycles. The lowest BCUT2D eigenvalue weighted by Gasteiger charge is -2.37. The number of hydrogen-bond acceptors (Lipinski definition) is 4. The standard InChI is InChI=1S/C14H24N2O4/c1-16(8-12(17)15-11-2-3-11)9-14(20)6-4-10(5-7-14)13(18)19/h10-11,20H,2-9H2,1H3,(H,15,17)(H,18,19). The van der Waals surface area contributed by atoms with Gasteiger partial charge in [-0.15, -0.1) is 0 Å². The van der Waals surface area contributed by atoms with Gasteiger partial charge in [0.05, 0.1) is 18.1 Å². The molecular weight excluding hydrogens is 260 g/mol. The fourth-order valence-corrected chi connectivity index (χ4v) is 2.86. The summed E-state index contributed by atoms with van der Waals surface area (Å²) in [4.78, 5) is 24.4. The number of nitrogens with zero attached hydrogens (tertiary/aromatic N) is 1. The van der Waals surface area contributed by atoms with Crippen LogP contribution in [-0.2, 0) is 9.59 Å². The molecule has 0 radical (unpaired) electrons. The number of carboxylic acid groups (broad SMARTS) is 1. The number of rotatable bonds is 6. The predicted molar refractivity (Wildman–Crippen MR) is 73.2 cm³/mol. The van der Waals surface area contributed by atoms with Crippen LogP contribution >= 0.6 is 0 Å². The van der Waals surface area contributed by atoms with Gasteiger partial charge < -0.3 is 15.5 Å². The number of carbonyl (C=O) groups excluding carboxylic acids is 1. The van der Waals surface area contributed by atoms with Gasteiger partial charge in [-0.3, -0.25) is 14.5 Å². The van der Waals surface area contributed by atoms with Gasteiger partial charge in [-0.25, -0.2) is 0 Å². The number of hydrogen-bond donors (Lipinski definition) is 3. The van der Waals surface area contributed by atoms with E-state index < -0.39 is 11.6 Å². The minimum Gasteiger partial charge on any atom is -0.481 e. The predicted octanol–water partition coefficient (Wildman–Crippen LogP) is 0.203. The smallest absolute Gasteiger partial charge is 0.306 e. The van der Waals surface area contributed by atoms with Crippen LogP contribution < -0.4 is 5.32 Å². The number of aliphatic carboxylic acids is 1. The third-order valence-electron chi connectivity index (χ3n) is 4.19. The zero-order valence-electron chi connectivity index (χ0n) is 12.0. The first-order valence-electron chi connectivity index (χ1n) is 7.31. The highest BCUT2D eigenvalue weighted by Gasteiger charge is 2.36. The Bertz CT molecular complexity index is 373. The summed E-state index contributed by atoms with van der Waals surface area (Å²) in [7, 11) is 1.81. The maximum Gasteiger partial charge on any atom is 0.306 e. The second-order valence-corrected chi connectivity index (χ2v) is 6.35. The highest BCUT2D eigenvalue weighted by molar-refractivity contribution is 5.78. The van der Waals surface area contributed by atoms with Gasteiger partial charge in [0.15, 0.2) is 0 Å². The lowest BCUT2D eigenvalue weighted by molar-refractivity contribution is -0.145. The first-order chi connectivity index (χ1) is 9.38. The molecule has 114 valence electrons. The second kappa shape index (κ2) is 6.10. The molecule has 0 unspecified atom stereocenters. The zero-order valence-corrected chi connectivity index (χ0v) is 12.0. The Labute approximate surface area is 119 Å². The minimum atomic E-state index is -0.861. The Kier molecular flexibility index (Phi) is 4.65. The summed E-state index contributed by atoms with van der Waals surface area (Å²) in [5, 5.41) is 22.4. The van der Waals surface area contributed by atoms with Gasteiger partial charge in [-0.1, -0.05) is 0 Å². The van der Waals surface area contributed by atoms with Crippen molar-refractivity contribution in [2.24, 2.45) is 5.92 Å². The highest BCUT2D eigenvalue weighted by Crippen LogP contribution is 2.32. The first-order valence-corrected chi connectivity index (χ1v) is 7.31. The summed E-state index contributed by atoms with van der Waals surface area (Å²) in [5.74, 6) is -1.11. The molecule has 0 aliphatic heterocycles. The fourth-order valence-electron chi connectivity index (χ4n) is 2.86. The van der Waals surface area contributed by atoms with E-state index in [0.717, 1.165) is 12.8 Å². The molecule has 0 bridgehead atoms. The van der Waals surface area contributed by atoms with Crippen LogP contribution in [0.25, 0.3) is 0 Å². The van der Waals surface area contributed by atoms with Crippen LogP contribution in [-0.4, -0.2) is 58.8 Å². The monoisotopic (exact) mass is 284 g/mol. The molecule has 2 aliphatic carbocycles. The van der Waals surface area contributed by atoms with E-state index in [9.17, 15) is 14.7 Å². The van der Waals surface area contributed by atoms with E-state index in [4.69, 9.17) is 5.11 Å². The van der Waals surface area contributed by atoms with E-state index in [1.807, 2.05) is 11.9 Å². The quantitative estimate of drug-likeness (QED) is 0.648. The Morgan fingerprint density at radius 3 is 2.35 bits per heavy atom.